The molecule has 4 aliphatic rings. The lowest BCUT2D eigenvalue weighted by molar-refractivity contribution is -0.138. The second kappa shape index (κ2) is 9.13. The van der Waals surface area contributed by atoms with Gasteiger partial charge in [0.25, 0.3) is 5.91 Å². The van der Waals surface area contributed by atoms with Gasteiger partial charge in [0, 0.05) is 36.9 Å². The molecule has 3 aromatic rings. The maximum absolute atomic E-state index is 14.5. The van der Waals surface area contributed by atoms with Gasteiger partial charge in [0.05, 0.1) is 30.2 Å². The lowest BCUT2D eigenvalue weighted by atomic mass is 9.56. The topological polar surface area (TPSA) is 63.5 Å². The predicted octanol–water partition coefficient (Wildman–Crippen LogP) is 5.81. The van der Waals surface area contributed by atoms with E-state index in [1.807, 2.05) is 56.7 Å². The van der Waals surface area contributed by atoms with Crippen LogP contribution in [0.4, 0.5) is 18.9 Å². The van der Waals surface area contributed by atoms with Crippen LogP contribution in [0.25, 0.3) is 0 Å². The first kappa shape index (κ1) is 27.6. The number of rotatable bonds is 5. The quantitative estimate of drug-likeness (QED) is 0.382. The smallest absolute Gasteiger partial charge is 0.376 e. The summed E-state index contributed by atoms with van der Waals surface area (Å²) in [5.74, 6) is 0.484. The fraction of sp³-hybridized carbons (Fsp3) is 0.531. The number of aryl methyl sites for hydroxylation is 1. The molecule has 42 heavy (non-hydrogen) atoms. The molecule has 1 aromatic heterocycles. The number of anilines is 1. The van der Waals surface area contributed by atoms with Crippen LogP contribution >= 0.6 is 0 Å². The first-order chi connectivity index (χ1) is 19.8. The Kier molecular flexibility index (Phi) is 6.00. The Morgan fingerprint density at radius 3 is 2.50 bits per heavy atom. The van der Waals surface area contributed by atoms with Crippen LogP contribution in [-0.2, 0) is 35.5 Å². The number of hydrogen-bond acceptors (Lipinski definition) is 5. The van der Waals surface area contributed by atoms with Crippen LogP contribution in [0.15, 0.2) is 42.7 Å². The van der Waals surface area contributed by atoms with Gasteiger partial charge in [-0.3, -0.25) is 9.69 Å². The van der Waals surface area contributed by atoms with E-state index in [0.717, 1.165) is 24.2 Å². The predicted molar refractivity (Wildman–Crippen MR) is 151 cm³/mol. The number of halogens is 3. The number of ether oxygens (including phenoxy) is 1. The summed E-state index contributed by atoms with van der Waals surface area (Å²) in [7, 11) is 1.94. The maximum Gasteiger partial charge on any atom is 0.416 e. The molecule has 222 valence electrons. The second-order valence-corrected chi connectivity index (χ2v) is 13.4. The van der Waals surface area contributed by atoms with E-state index in [9.17, 15) is 18.0 Å². The largest absolute Gasteiger partial charge is 0.416 e. The van der Waals surface area contributed by atoms with Gasteiger partial charge in [-0.2, -0.15) is 13.2 Å². The van der Waals surface area contributed by atoms with E-state index >= 15 is 0 Å². The summed E-state index contributed by atoms with van der Waals surface area (Å²) in [6.07, 6.45) is 1.42. The molecule has 0 radical (unpaired) electrons. The van der Waals surface area contributed by atoms with E-state index in [1.54, 1.807) is 12.4 Å². The minimum Gasteiger partial charge on any atom is -0.376 e. The van der Waals surface area contributed by atoms with E-state index < -0.39 is 23.2 Å². The molecule has 2 aliphatic heterocycles. The van der Waals surface area contributed by atoms with Crippen LogP contribution in [-0.4, -0.2) is 51.4 Å². The van der Waals surface area contributed by atoms with Gasteiger partial charge in [-0.25, -0.2) is 0 Å². The Morgan fingerprint density at radius 1 is 1.10 bits per heavy atom. The van der Waals surface area contributed by atoms with Crippen molar-refractivity contribution in [3.63, 3.8) is 0 Å². The molecular formula is C32H36F3N5O2. The van der Waals surface area contributed by atoms with Crippen LogP contribution in [0.2, 0.25) is 0 Å². The first-order valence-electron chi connectivity index (χ1n) is 14.7. The number of nitrogens with zero attached hydrogens (tertiary/aromatic N) is 5. The van der Waals surface area contributed by atoms with Gasteiger partial charge in [-0.1, -0.05) is 12.1 Å². The Balaban J connectivity index is 1.26. The molecule has 2 aromatic carbocycles. The first-order valence-corrected chi connectivity index (χ1v) is 14.7. The molecule has 10 heteroatoms. The van der Waals surface area contributed by atoms with Crippen LogP contribution in [0, 0.1) is 5.41 Å². The molecule has 1 unspecified atom stereocenters. The molecular weight excluding hydrogens is 543 g/mol. The fourth-order valence-corrected chi connectivity index (χ4v) is 7.67. The standard InChI is InChI=1S/C32H36F3N5O2/c1-20-15-39(10-11-42-20)29(2,3)22-13-24-25(26(14-22)32(33,34)35)16-40(27(24)41)23-7-5-6-21(12-23)31(17-30(18-31)8-9-30)28-37-36-19-38(28)4/h5-7,12-14,19-20H,8-11,15-18H2,1-4H3. The van der Waals surface area contributed by atoms with E-state index in [4.69, 9.17) is 4.74 Å². The number of alkyl halides is 3. The van der Waals surface area contributed by atoms with Gasteiger partial charge in [-0.15, -0.1) is 10.2 Å². The molecule has 0 N–H and O–H groups in total. The van der Waals surface area contributed by atoms with Crippen molar-refractivity contribution in [3.05, 3.63) is 76.4 Å². The Morgan fingerprint density at radius 2 is 1.86 bits per heavy atom. The van der Waals surface area contributed by atoms with Gasteiger partial charge in [-0.05, 0) is 92.8 Å². The molecule has 1 spiro atoms. The average molecular weight is 580 g/mol. The van der Waals surface area contributed by atoms with Crippen LogP contribution < -0.4 is 4.90 Å². The normalized spacial score (nSPS) is 23.3. The van der Waals surface area contributed by atoms with Crippen molar-refractivity contribution in [2.75, 3.05) is 24.6 Å². The number of carbonyl (C=O) groups is 1. The highest BCUT2D eigenvalue weighted by Crippen LogP contribution is 2.70. The van der Waals surface area contributed by atoms with Gasteiger partial charge < -0.3 is 14.2 Å². The van der Waals surface area contributed by atoms with Gasteiger partial charge in [0.1, 0.15) is 12.2 Å². The SMILES string of the molecule is CC1CN(C(C)(C)c2cc3c(c(C(F)(F)F)c2)CN(c2cccc(C4(c5nncn5C)CC5(CC5)C4)c2)C3=O)CCO1. The Bertz CT molecular complexity index is 1570. The monoisotopic (exact) mass is 579 g/mol. The van der Waals surface area contributed by atoms with Crippen molar-refractivity contribution >= 4 is 11.6 Å². The Hall–Kier alpha value is -3.24. The minimum absolute atomic E-state index is 0.0192. The molecule has 1 atom stereocenters. The number of amides is 1. The van der Waals surface area contributed by atoms with E-state index in [1.165, 1.54) is 23.8 Å². The van der Waals surface area contributed by atoms with Gasteiger partial charge in [0.2, 0.25) is 0 Å². The third kappa shape index (κ3) is 4.20. The average Bonchev–Trinajstić information content (AvgIpc) is 3.49. The highest BCUT2D eigenvalue weighted by Gasteiger charge is 2.63. The molecule has 7 rings (SSSR count). The van der Waals surface area contributed by atoms with E-state index in [-0.39, 0.29) is 29.2 Å². The number of aromatic nitrogens is 3. The molecule has 1 saturated heterocycles. The van der Waals surface area contributed by atoms with Crippen LogP contribution in [0.5, 0.6) is 0 Å². The molecule has 3 heterocycles. The van der Waals surface area contributed by atoms with E-state index in [2.05, 4.69) is 15.1 Å². The molecule has 7 nitrogen and oxygen atoms in total. The highest BCUT2D eigenvalue weighted by atomic mass is 19.4. The van der Waals surface area contributed by atoms with Gasteiger partial charge >= 0.3 is 6.18 Å². The van der Waals surface area contributed by atoms with Gasteiger partial charge in [0.15, 0.2) is 0 Å². The van der Waals surface area contributed by atoms with Crippen molar-refractivity contribution in [1.82, 2.24) is 19.7 Å². The van der Waals surface area contributed by atoms with Crippen molar-refractivity contribution in [2.24, 2.45) is 12.5 Å². The fourth-order valence-electron chi connectivity index (χ4n) is 7.67. The minimum atomic E-state index is -4.59. The van der Waals surface area contributed by atoms with Crippen molar-refractivity contribution < 1.29 is 22.7 Å². The summed E-state index contributed by atoms with van der Waals surface area (Å²) in [4.78, 5) is 17.6. The Labute approximate surface area is 243 Å². The second-order valence-electron chi connectivity index (χ2n) is 13.4. The zero-order valence-electron chi connectivity index (χ0n) is 24.5. The molecule has 2 saturated carbocycles. The molecule has 1 amide bonds. The zero-order chi connectivity index (χ0) is 29.7. The van der Waals surface area contributed by atoms with Crippen molar-refractivity contribution in [3.8, 4) is 0 Å². The van der Waals surface area contributed by atoms with Crippen LogP contribution in [0.1, 0.15) is 84.9 Å². The van der Waals surface area contributed by atoms with Crippen LogP contribution in [0.3, 0.4) is 0 Å². The zero-order valence-corrected chi connectivity index (χ0v) is 24.5. The summed E-state index contributed by atoms with van der Waals surface area (Å²) >= 11 is 0. The maximum atomic E-state index is 14.5. The third-order valence-electron chi connectivity index (χ3n) is 10.2. The molecule has 0 bridgehead atoms. The number of morpholine rings is 1. The highest BCUT2D eigenvalue weighted by molar-refractivity contribution is 6.10. The summed E-state index contributed by atoms with van der Waals surface area (Å²) in [5, 5.41) is 8.60. The lowest BCUT2D eigenvalue weighted by Crippen LogP contribution is -2.50. The number of benzene rings is 2. The number of carbonyl (C=O) groups excluding carboxylic acids is 1. The summed E-state index contributed by atoms with van der Waals surface area (Å²) in [5.41, 5.74) is 0.853. The molecule has 3 fully saturated rings. The lowest BCUT2D eigenvalue weighted by Gasteiger charge is -2.48. The number of fused-ring (bicyclic) bond motifs is 1. The summed E-state index contributed by atoms with van der Waals surface area (Å²) < 4.78 is 51.2. The third-order valence-corrected chi connectivity index (χ3v) is 10.2. The van der Waals surface area contributed by atoms with Crippen molar-refractivity contribution in [1.29, 1.82) is 0 Å². The van der Waals surface area contributed by atoms with E-state index in [0.29, 0.717) is 36.4 Å². The summed E-state index contributed by atoms with van der Waals surface area (Å²) in [6, 6.07) is 10.7. The summed E-state index contributed by atoms with van der Waals surface area (Å²) in [6.45, 7) is 7.41. The molecule has 2 aliphatic carbocycles. The van der Waals surface area contributed by atoms with Crippen molar-refractivity contribution in [2.45, 2.75) is 76.2 Å². The number of hydrogen-bond donors (Lipinski definition) is 0.